The molecule has 0 amide bonds. The molecule has 1 fully saturated rings. The Morgan fingerprint density at radius 1 is 1.27 bits per heavy atom. The van der Waals surface area contributed by atoms with Crippen molar-refractivity contribution in [2.24, 2.45) is 0 Å². The highest BCUT2D eigenvalue weighted by atomic mass is 15.1. The monoisotopic (exact) mass is 201 g/mol. The van der Waals surface area contributed by atoms with E-state index in [9.17, 15) is 0 Å². The molecule has 1 aromatic carbocycles. The zero-order valence-corrected chi connectivity index (χ0v) is 8.66. The first-order valence-electron chi connectivity index (χ1n) is 5.61. The molecule has 1 aromatic heterocycles. The van der Waals surface area contributed by atoms with E-state index < -0.39 is 0 Å². The Hall–Kier alpha value is -1.51. The summed E-state index contributed by atoms with van der Waals surface area (Å²) in [6, 6.07) is 7.05. The van der Waals surface area contributed by atoms with Crippen molar-refractivity contribution in [1.29, 1.82) is 0 Å². The lowest BCUT2D eigenvalue weighted by molar-refractivity contribution is 0.756. The van der Waals surface area contributed by atoms with Crippen LogP contribution in [0.5, 0.6) is 0 Å². The Labute approximate surface area is 88.9 Å². The summed E-state index contributed by atoms with van der Waals surface area (Å²) in [4.78, 5) is 0. The Balaban J connectivity index is 1.84. The fourth-order valence-electron chi connectivity index (χ4n) is 2.34. The Bertz CT molecular complexity index is 455. The fourth-order valence-corrected chi connectivity index (χ4v) is 2.34. The lowest BCUT2D eigenvalue weighted by Gasteiger charge is -2.13. The predicted molar refractivity (Wildman–Crippen MR) is 62.0 cm³/mol. The van der Waals surface area contributed by atoms with Gasteiger partial charge in [0.1, 0.15) is 0 Å². The minimum Gasteiger partial charge on any atom is -0.382 e. The molecular formula is C12H15N3. The summed E-state index contributed by atoms with van der Waals surface area (Å²) in [5.74, 6) is 0. The van der Waals surface area contributed by atoms with Gasteiger partial charge in [0, 0.05) is 17.1 Å². The molecule has 0 spiro atoms. The number of benzene rings is 1. The van der Waals surface area contributed by atoms with Gasteiger partial charge in [-0.25, -0.2) is 0 Å². The van der Waals surface area contributed by atoms with E-state index in [0.29, 0.717) is 6.04 Å². The zero-order chi connectivity index (χ0) is 10.1. The average molecular weight is 201 g/mol. The maximum atomic E-state index is 4.02. The molecule has 1 heterocycles. The maximum absolute atomic E-state index is 4.02. The van der Waals surface area contributed by atoms with Gasteiger partial charge < -0.3 is 5.32 Å². The topological polar surface area (TPSA) is 40.7 Å². The van der Waals surface area contributed by atoms with E-state index in [4.69, 9.17) is 0 Å². The highest BCUT2D eigenvalue weighted by molar-refractivity contribution is 5.81. The fraction of sp³-hybridized carbons (Fsp3) is 0.417. The SMILES string of the molecule is c1cc2[nH]ncc2cc1NC1CCCC1. The largest absolute Gasteiger partial charge is 0.382 e. The molecule has 78 valence electrons. The lowest BCUT2D eigenvalue weighted by atomic mass is 10.2. The van der Waals surface area contributed by atoms with Crippen LogP contribution in [0, 0.1) is 0 Å². The summed E-state index contributed by atoms with van der Waals surface area (Å²) in [5, 5.41) is 11.7. The van der Waals surface area contributed by atoms with Gasteiger partial charge in [-0.15, -0.1) is 0 Å². The second kappa shape index (κ2) is 3.57. The van der Waals surface area contributed by atoms with E-state index in [1.165, 1.54) is 36.8 Å². The molecule has 1 aliphatic rings. The number of hydrogen-bond acceptors (Lipinski definition) is 2. The molecule has 3 heteroatoms. The molecule has 1 saturated carbocycles. The number of fused-ring (bicyclic) bond motifs is 1. The Morgan fingerprint density at radius 3 is 3.00 bits per heavy atom. The second-order valence-electron chi connectivity index (χ2n) is 4.30. The molecule has 0 unspecified atom stereocenters. The molecule has 0 radical (unpaired) electrons. The second-order valence-corrected chi connectivity index (χ2v) is 4.30. The molecule has 3 rings (SSSR count). The quantitative estimate of drug-likeness (QED) is 0.784. The van der Waals surface area contributed by atoms with Crippen molar-refractivity contribution >= 4 is 16.6 Å². The normalized spacial score (nSPS) is 17.3. The predicted octanol–water partition coefficient (Wildman–Crippen LogP) is 2.92. The van der Waals surface area contributed by atoms with Crippen molar-refractivity contribution in [3.8, 4) is 0 Å². The van der Waals surface area contributed by atoms with E-state index in [-0.39, 0.29) is 0 Å². The van der Waals surface area contributed by atoms with Crippen LogP contribution in [0.15, 0.2) is 24.4 Å². The number of nitrogens with zero attached hydrogens (tertiary/aromatic N) is 1. The van der Waals surface area contributed by atoms with Gasteiger partial charge in [0.05, 0.1) is 11.7 Å². The third-order valence-corrected chi connectivity index (χ3v) is 3.17. The van der Waals surface area contributed by atoms with E-state index in [1.54, 1.807) is 0 Å². The van der Waals surface area contributed by atoms with Crippen LogP contribution in [0.25, 0.3) is 10.9 Å². The molecular weight excluding hydrogens is 186 g/mol. The van der Waals surface area contributed by atoms with Crippen molar-refractivity contribution in [1.82, 2.24) is 10.2 Å². The Kier molecular flexibility index (Phi) is 2.09. The van der Waals surface area contributed by atoms with Gasteiger partial charge in [0.25, 0.3) is 0 Å². The zero-order valence-electron chi connectivity index (χ0n) is 8.66. The first kappa shape index (κ1) is 8.77. The number of aromatic amines is 1. The van der Waals surface area contributed by atoms with Gasteiger partial charge in [-0.2, -0.15) is 5.10 Å². The average Bonchev–Trinajstić information content (AvgIpc) is 2.87. The van der Waals surface area contributed by atoms with Crippen LogP contribution in [-0.4, -0.2) is 16.2 Å². The van der Waals surface area contributed by atoms with Gasteiger partial charge in [0.15, 0.2) is 0 Å². The smallest absolute Gasteiger partial charge is 0.0651 e. The molecule has 0 saturated heterocycles. The van der Waals surface area contributed by atoms with Crippen LogP contribution in [0.1, 0.15) is 25.7 Å². The number of nitrogens with one attached hydrogen (secondary N) is 2. The lowest BCUT2D eigenvalue weighted by Crippen LogP contribution is -2.14. The third-order valence-electron chi connectivity index (χ3n) is 3.17. The molecule has 3 nitrogen and oxygen atoms in total. The van der Waals surface area contributed by atoms with E-state index in [2.05, 4.69) is 33.7 Å². The van der Waals surface area contributed by atoms with Crippen LogP contribution in [0.3, 0.4) is 0 Å². The molecule has 0 bridgehead atoms. The van der Waals surface area contributed by atoms with Crippen molar-refractivity contribution in [3.05, 3.63) is 24.4 Å². The molecule has 2 aromatic rings. The molecule has 1 aliphatic carbocycles. The molecule has 15 heavy (non-hydrogen) atoms. The van der Waals surface area contributed by atoms with Crippen LogP contribution in [0.4, 0.5) is 5.69 Å². The summed E-state index contributed by atoms with van der Waals surface area (Å²) in [6.45, 7) is 0. The number of hydrogen-bond donors (Lipinski definition) is 2. The van der Waals surface area contributed by atoms with Crippen LogP contribution in [0.2, 0.25) is 0 Å². The van der Waals surface area contributed by atoms with Crippen LogP contribution in [-0.2, 0) is 0 Å². The van der Waals surface area contributed by atoms with Gasteiger partial charge >= 0.3 is 0 Å². The Morgan fingerprint density at radius 2 is 2.13 bits per heavy atom. The van der Waals surface area contributed by atoms with Crippen LogP contribution < -0.4 is 5.32 Å². The maximum Gasteiger partial charge on any atom is 0.0651 e. The van der Waals surface area contributed by atoms with Gasteiger partial charge in [0.2, 0.25) is 0 Å². The summed E-state index contributed by atoms with van der Waals surface area (Å²) in [5.41, 5.74) is 2.32. The van der Waals surface area contributed by atoms with Gasteiger partial charge in [-0.1, -0.05) is 12.8 Å². The van der Waals surface area contributed by atoms with Gasteiger partial charge in [-0.3, -0.25) is 5.10 Å². The van der Waals surface area contributed by atoms with E-state index in [1.807, 2.05) is 6.20 Å². The molecule has 2 N–H and O–H groups in total. The summed E-state index contributed by atoms with van der Waals surface area (Å²) in [7, 11) is 0. The number of rotatable bonds is 2. The summed E-state index contributed by atoms with van der Waals surface area (Å²) >= 11 is 0. The third kappa shape index (κ3) is 1.69. The first-order valence-corrected chi connectivity index (χ1v) is 5.61. The van der Waals surface area contributed by atoms with E-state index >= 15 is 0 Å². The molecule has 0 atom stereocenters. The number of H-pyrrole nitrogens is 1. The van der Waals surface area contributed by atoms with Crippen LogP contribution >= 0.6 is 0 Å². The highest BCUT2D eigenvalue weighted by Gasteiger charge is 2.14. The van der Waals surface area contributed by atoms with Crippen molar-refractivity contribution in [3.63, 3.8) is 0 Å². The number of aromatic nitrogens is 2. The minimum atomic E-state index is 0.675. The van der Waals surface area contributed by atoms with Crippen molar-refractivity contribution < 1.29 is 0 Å². The summed E-state index contributed by atoms with van der Waals surface area (Å²) < 4.78 is 0. The minimum absolute atomic E-state index is 0.675. The standard InChI is InChI=1S/C12H15N3/c1-2-4-10(3-1)14-11-5-6-12-9(7-11)8-13-15-12/h5-8,10,14H,1-4H2,(H,13,15). The first-order chi connectivity index (χ1) is 7.42. The van der Waals surface area contributed by atoms with Crippen molar-refractivity contribution in [2.45, 2.75) is 31.7 Å². The number of anilines is 1. The van der Waals surface area contributed by atoms with E-state index in [0.717, 1.165) is 5.52 Å². The van der Waals surface area contributed by atoms with Crippen molar-refractivity contribution in [2.75, 3.05) is 5.32 Å². The van der Waals surface area contributed by atoms with Gasteiger partial charge in [-0.05, 0) is 31.0 Å². The summed E-state index contributed by atoms with van der Waals surface area (Å²) in [6.07, 6.45) is 7.22. The highest BCUT2D eigenvalue weighted by Crippen LogP contribution is 2.24. The molecule has 0 aliphatic heterocycles.